The molecular formula is C19H22N2O. The molecule has 0 saturated carbocycles. The minimum absolute atomic E-state index is 0.0935. The molecular weight excluding hydrogens is 272 g/mol. The largest absolute Gasteiger partial charge is 0.343 e. The van der Waals surface area contributed by atoms with Crippen LogP contribution in [-0.4, -0.2) is 37.0 Å². The Morgan fingerprint density at radius 1 is 1.05 bits per heavy atom. The molecule has 3 heteroatoms. The molecule has 114 valence electrons. The first-order chi connectivity index (χ1) is 10.6. The molecule has 0 spiro atoms. The number of hydrogen-bond acceptors (Lipinski definition) is 2. The lowest BCUT2D eigenvalue weighted by Gasteiger charge is -2.30. The van der Waals surface area contributed by atoms with E-state index < -0.39 is 0 Å². The number of hydrogen-bond donors (Lipinski definition) is 1. The molecule has 3 nitrogen and oxygen atoms in total. The predicted molar refractivity (Wildman–Crippen MR) is 89.7 cm³/mol. The second-order valence-electron chi connectivity index (χ2n) is 6.03. The molecule has 1 saturated heterocycles. The van der Waals surface area contributed by atoms with Crippen molar-refractivity contribution in [1.29, 1.82) is 0 Å². The van der Waals surface area contributed by atoms with Crippen LogP contribution in [0.5, 0.6) is 0 Å². The lowest BCUT2D eigenvalue weighted by atomic mass is 9.99. The Morgan fingerprint density at radius 2 is 1.64 bits per heavy atom. The Labute approximate surface area is 132 Å². The second-order valence-corrected chi connectivity index (χ2v) is 6.03. The molecule has 1 aliphatic heterocycles. The van der Waals surface area contributed by atoms with Crippen molar-refractivity contribution in [3.63, 3.8) is 0 Å². The average molecular weight is 294 g/mol. The van der Waals surface area contributed by atoms with E-state index in [-0.39, 0.29) is 11.9 Å². The summed E-state index contributed by atoms with van der Waals surface area (Å²) in [7, 11) is 1.87. The highest BCUT2D eigenvalue weighted by atomic mass is 16.2. The number of piperazine rings is 1. The summed E-state index contributed by atoms with van der Waals surface area (Å²) >= 11 is 0. The van der Waals surface area contributed by atoms with E-state index in [4.69, 9.17) is 0 Å². The first-order valence-electron chi connectivity index (χ1n) is 7.78. The van der Waals surface area contributed by atoms with Crippen LogP contribution in [0.25, 0.3) is 11.1 Å². The standard InChI is InChI=1S/C19H22N2O/c1-14-3-7-16(8-4-14)17-9-5-15(6-10-17)13-18-19(22)21(2)12-11-20-18/h3-10,18,20H,11-13H2,1-2H3/t18-/m0/s1. The number of nitrogens with one attached hydrogen (secondary N) is 1. The minimum atomic E-state index is -0.0935. The molecule has 0 bridgehead atoms. The topological polar surface area (TPSA) is 32.3 Å². The Kier molecular flexibility index (Phi) is 4.25. The lowest BCUT2D eigenvalue weighted by Crippen LogP contribution is -2.54. The van der Waals surface area contributed by atoms with Crippen LogP contribution < -0.4 is 5.32 Å². The van der Waals surface area contributed by atoms with Crippen molar-refractivity contribution < 1.29 is 4.79 Å². The van der Waals surface area contributed by atoms with Crippen molar-refractivity contribution >= 4 is 5.91 Å². The van der Waals surface area contributed by atoms with Gasteiger partial charge in [0.1, 0.15) is 0 Å². The van der Waals surface area contributed by atoms with Crippen LogP contribution in [0.4, 0.5) is 0 Å². The molecule has 22 heavy (non-hydrogen) atoms. The van der Waals surface area contributed by atoms with Gasteiger partial charge in [-0.2, -0.15) is 0 Å². The summed E-state index contributed by atoms with van der Waals surface area (Å²) in [6, 6.07) is 17.0. The van der Waals surface area contributed by atoms with E-state index in [0.29, 0.717) is 0 Å². The van der Waals surface area contributed by atoms with Gasteiger partial charge in [-0.3, -0.25) is 4.79 Å². The van der Waals surface area contributed by atoms with Crippen LogP contribution in [-0.2, 0) is 11.2 Å². The van der Waals surface area contributed by atoms with Gasteiger partial charge in [-0.05, 0) is 30.0 Å². The summed E-state index contributed by atoms with van der Waals surface area (Å²) in [4.78, 5) is 13.9. The van der Waals surface area contributed by atoms with Gasteiger partial charge in [0.05, 0.1) is 6.04 Å². The maximum atomic E-state index is 12.1. The fraction of sp³-hybridized carbons (Fsp3) is 0.316. The quantitative estimate of drug-likeness (QED) is 0.944. The number of carbonyl (C=O) groups excluding carboxylic acids is 1. The van der Waals surface area contributed by atoms with Crippen molar-refractivity contribution in [2.75, 3.05) is 20.1 Å². The number of nitrogens with zero attached hydrogens (tertiary/aromatic N) is 1. The first kappa shape index (κ1) is 14.8. The van der Waals surface area contributed by atoms with Crippen LogP contribution in [0.1, 0.15) is 11.1 Å². The highest BCUT2D eigenvalue weighted by molar-refractivity contribution is 5.82. The highest BCUT2D eigenvalue weighted by Gasteiger charge is 2.25. The van der Waals surface area contributed by atoms with Crippen LogP contribution in [0.15, 0.2) is 48.5 Å². The third-order valence-electron chi connectivity index (χ3n) is 4.29. The summed E-state index contributed by atoms with van der Waals surface area (Å²) < 4.78 is 0. The van der Waals surface area contributed by atoms with E-state index in [0.717, 1.165) is 19.5 Å². The fourth-order valence-corrected chi connectivity index (χ4v) is 2.84. The van der Waals surface area contributed by atoms with E-state index in [9.17, 15) is 4.79 Å². The third kappa shape index (κ3) is 3.20. The van der Waals surface area contributed by atoms with Crippen LogP contribution >= 0.6 is 0 Å². The Morgan fingerprint density at radius 3 is 2.27 bits per heavy atom. The Balaban J connectivity index is 1.71. The maximum Gasteiger partial charge on any atom is 0.239 e. The third-order valence-corrected chi connectivity index (χ3v) is 4.29. The van der Waals surface area contributed by atoms with E-state index in [2.05, 4.69) is 60.8 Å². The van der Waals surface area contributed by atoms with Gasteiger partial charge in [-0.15, -0.1) is 0 Å². The monoisotopic (exact) mass is 294 g/mol. The van der Waals surface area contributed by atoms with Gasteiger partial charge in [-0.1, -0.05) is 54.1 Å². The van der Waals surface area contributed by atoms with Crippen molar-refractivity contribution in [3.8, 4) is 11.1 Å². The Hall–Kier alpha value is -2.13. The SMILES string of the molecule is Cc1ccc(-c2ccc(C[C@@H]3NCCN(C)C3=O)cc2)cc1. The molecule has 1 atom stereocenters. The Bertz CT molecular complexity index is 646. The molecule has 2 aromatic carbocycles. The molecule has 0 aromatic heterocycles. The van der Waals surface area contributed by atoms with Gasteiger partial charge in [-0.25, -0.2) is 0 Å². The van der Waals surface area contributed by atoms with Crippen LogP contribution in [0, 0.1) is 6.92 Å². The number of amides is 1. The highest BCUT2D eigenvalue weighted by Crippen LogP contribution is 2.21. The molecule has 1 aliphatic rings. The van der Waals surface area contributed by atoms with Crippen LogP contribution in [0.2, 0.25) is 0 Å². The van der Waals surface area contributed by atoms with Gasteiger partial charge in [0.25, 0.3) is 0 Å². The van der Waals surface area contributed by atoms with Gasteiger partial charge in [0.15, 0.2) is 0 Å². The molecule has 0 aliphatic carbocycles. The summed E-state index contributed by atoms with van der Waals surface area (Å²) in [6.07, 6.45) is 0.747. The fourth-order valence-electron chi connectivity index (χ4n) is 2.84. The van der Waals surface area contributed by atoms with Crippen molar-refractivity contribution in [1.82, 2.24) is 10.2 Å². The molecule has 1 N–H and O–H groups in total. The summed E-state index contributed by atoms with van der Waals surface area (Å²) in [5.74, 6) is 0.189. The molecule has 2 aromatic rings. The molecule has 1 amide bonds. The zero-order chi connectivity index (χ0) is 15.5. The number of carbonyl (C=O) groups is 1. The normalized spacial score (nSPS) is 18.5. The molecule has 3 rings (SSSR count). The molecule has 0 radical (unpaired) electrons. The summed E-state index contributed by atoms with van der Waals surface area (Å²) in [6.45, 7) is 3.76. The van der Waals surface area contributed by atoms with Crippen molar-refractivity contribution in [2.24, 2.45) is 0 Å². The first-order valence-corrected chi connectivity index (χ1v) is 7.78. The second kappa shape index (κ2) is 6.32. The average Bonchev–Trinajstić information content (AvgIpc) is 2.53. The zero-order valence-electron chi connectivity index (χ0n) is 13.2. The van der Waals surface area contributed by atoms with E-state index in [1.807, 2.05) is 11.9 Å². The van der Waals surface area contributed by atoms with E-state index in [1.165, 1.54) is 22.3 Å². The zero-order valence-corrected chi connectivity index (χ0v) is 13.2. The summed E-state index contributed by atoms with van der Waals surface area (Å²) in [5, 5.41) is 3.31. The van der Waals surface area contributed by atoms with Crippen molar-refractivity contribution in [2.45, 2.75) is 19.4 Å². The van der Waals surface area contributed by atoms with Gasteiger partial charge >= 0.3 is 0 Å². The van der Waals surface area contributed by atoms with Gasteiger partial charge in [0.2, 0.25) is 5.91 Å². The minimum Gasteiger partial charge on any atom is -0.343 e. The summed E-state index contributed by atoms with van der Waals surface area (Å²) in [5.41, 5.74) is 4.90. The van der Waals surface area contributed by atoms with Gasteiger partial charge in [0, 0.05) is 20.1 Å². The molecule has 1 fully saturated rings. The van der Waals surface area contributed by atoms with E-state index >= 15 is 0 Å². The smallest absolute Gasteiger partial charge is 0.239 e. The molecule has 0 unspecified atom stereocenters. The maximum absolute atomic E-state index is 12.1. The number of aryl methyl sites for hydroxylation is 1. The van der Waals surface area contributed by atoms with Crippen molar-refractivity contribution in [3.05, 3.63) is 59.7 Å². The number of rotatable bonds is 3. The lowest BCUT2D eigenvalue weighted by molar-refractivity contribution is -0.134. The van der Waals surface area contributed by atoms with E-state index in [1.54, 1.807) is 0 Å². The van der Waals surface area contributed by atoms with Gasteiger partial charge < -0.3 is 10.2 Å². The predicted octanol–water partition coefficient (Wildman–Crippen LogP) is 2.63. The number of benzene rings is 2. The number of likely N-dealkylation sites (N-methyl/N-ethyl adjacent to an activating group) is 1. The molecule has 1 heterocycles. The van der Waals surface area contributed by atoms with Crippen LogP contribution in [0.3, 0.4) is 0 Å².